The lowest BCUT2D eigenvalue weighted by Gasteiger charge is -2.28. The third kappa shape index (κ3) is 7.71. The first-order valence-corrected chi connectivity index (χ1v) is 11.3. The van der Waals surface area contributed by atoms with Crippen molar-refractivity contribution in [2.75, 3.05) is 19.7 Å². The second-order valence-electron chi connectivity index (χ2n) is 9.00. The second-order valence-corrected chi connectivity index (χ2v) is 9.81. The maximum absolute atomic E-state index is 13.7. The molecule has 3 rings (SSSR count). The molecule has 1 aliphatic rings. The van der Waals surface area contributed by atoms with Gasteiger partial charge in [-0.3, -0.25) is 4.90 Å². The van der Waals surface area contributed by atoms with E-state index in [2.05, 4.69) is 5.16 Å². The van der Waals surface area contributed by atoms with Crippen molar-refractivity contribution < 1.29 is 19.1 Å². The van der Waals surface area contributed by atoms with Crippen molar-refractivity contribution in [3.8, 4) is 0 Å². The van der Waals surface area contributed by atoms with Crippen molar-refractivity contribution in [3.05, 3.63) is 69.5 Å². The van der Waals surface area contributed by atoms with Gasteiger partial charge < -0.3 is 14.7 Å². The number of aliphatic hydroxyl groups excluding tert-OH is 1. The first kappa shape index (κ1) is 24.9. The molecule has 0 aliphatic carbocycles. The number of rotatable bonds is 9. The number of benzene rings is 2. The van der Waals surface area contributed by atoms with E-state index in [1.54, 1.807) is 18.2 Å². The maximum atomic E-state index is 13.7. The first-order valence-electron chi connectivity index (χ1n) is 10.6. The number of hydrogen-bond donors (Lipinski definition) is 1. The van der Waals surface area contributed by atoms with Crippen molar-refractivity contribution in [2.24, 2.45) is 5.16 Å². The molecule has 0 saturated carbocycles. The molecule has 0 radical (unpaired) electrons. The lowest BCUT2D eigenvalue weighted by Crippen LogP contribution is -2.40. The summed E-state index contributed by atoms with van der Waals surface area (Å²) >= 11 is 12.1. The van der Waals surface area contributed by atoms with Gasteiger partial charge in [0.05, 0.1) is 34.1 Å². The molecule has 0 bridgehead atoms. The summed E-state index contributed by atoms with van der Waals surface area (Å²) in [5.41, 5.74) is 2.12. The van der Waals surface area contributed by atoms with Crippen LogP contribution in [0.4, 0.5) is 4.39 Å². The Hall–Kier alpha value is -1.70. The standard InChI is InChI=1S/C24H29Cl2FN2O3/c1-24(2,3)31-15-19(30)13-29(12-16-5-4-6-18(27)9-16)14-20-11-23(28-32-20)17-7-8-21(25)22(26)10-17/h4-10,19-20,30H,11-15H2,1-3H3/t19-,20-/m0/s1. The number of halogens is 3. The van der Waals surface area contributed by atoms with Crippen LogP contribution in [-0.2, 0) is 16.1 Å². The number of oxime groups is 1. The Labute approximate surface area is 198 Å². The van der Waals surface area contributed by atoms with Gasteiger partial charge in [-0.25, -0.2) is 4.39 Å². The van der Waals surface area contributed by atoms with Gasteiger partial charge in [0.1, 0.15) is 11.9 Å². The predicted octanol–water partition coefficient (Wildman–Crippen LogP) is 5.30. The molecule has 8 heteroatoms. The number of ether oxygens (including phenoxy) is 1. The van der Waals surface area contributed by atoms with Crippen LogP contribution in [0.25, 0.3) is 0 Å². The molecule has 0 fully saturated rings. The summed E-state index contributed by atoms with van der Waals surface area (Å²) in [7, 11) is 0. The van der Waals surface area contributed by atoms with Crippen molar-refractivity contribution in [1.82, 2.24) is 4.90 Å². The molecule has 2 aromatic rings. The maximum Gasteiger partial charge on any atom is 0.145 e. The molecule has 32 heavy (non-hydrogen) atoms. The molecule has 5 nitrogen and oxygen atoms in total. The van der Waals surface area contributed by atoms with E-state index in [1.165, 1.54) is 12.1 Å². The van der Waals surface area contributed by atoms with E-state index >= 15 is 0 Å². The Bertz CT molecular complexity index is 949. The molecule has 0 unspecified atom stereocenters. The fraction of sp³-hybridized carbons (Fsp3) is 0.458. The number of hydrogen-bond acceptors (Lipinski definition) is 5. The van der Waals surface area contributed by atoms with Crippen molar-refractivity contribution in [2.45, 2.75) is 51.5 Å². The second kappa shape index (κ2) is 10.9. The largest absolute Gasteiger partial charge is 0.390 e. The Kier molecular flexibility index (Phi) is 8.53. The van der Waals surface area contributed by atoms with Gasteiger partial charge in [-0.15, -0.1) is 0 Å². The van der Waals surface area contributed by atoms with Crippen molar-refractivity contribution in [1.29, 1.82) is 0 Å². The molecular formula is C24H29Cl2FN2O3. The normalized spacial score (nSPS) is 17.4. The third-order valence-electron chi connectivity index (χ3n) is 4.92. The van der Waals surface area contributed by atoms with Crippen LogP contribution in [-0.4, -0.2) is 53.2 Å². The first-order chi connectivity index (χ1) is 15.1. The van der Waals surface area contributed by atoms with Crippen LogP contribution in [0.2, 0.25) is 10.0 Å². The van der Waals surface area contributed by atoms with Gasteiger partial charge in [-0.05, 0) is 50.6 Å². The molecule has 0 saturated heterocycles. The van der Waals surface area contributed by atoms with Crippen LogP contribution in [0.3, 0.4) is 0 Å². The molecule has 0 aromatic heterocycles. The summed E-state index contributed by atoms with van der Waals surface area (Å²) in [6, 6.07) is 11.8. The average Bonchev–Trinajstić information content (AvgIpc) is 3.16. The number of aliphatic hydroxyl groups is 1. The van der Waals surface area contributed by atoms with E-state index < -0.39 is 6.10 Å². The molecule has 174 valence electrons. The van der Waals surface area contributed by atoms with E-state index in [0.717, 1.165) is 16.8 Å². The molecule has 2 aromatic carbocycles. The van der Waals surface area contributed by atoms with Crippen molar-refractivity contribution in [3.63, 3.8) is 0 Å². The zero-order valence-electron chi connectivity index (χ0n) is 18.5. The fourth-order valence-electron chi connectivity index (χ4n) is 3.45. The lowest BCUT2D eigenvalue weighted by atomic mass is 10.0. The monoisotopic (exact) mass is 482 g/mol. The molecule has 1 N–H and O–H groups in total. The highest BCUT2D eigenvalue weighted by molar-refractivity contribution is 6.42. The third-order valence-corrected chi connectivity index (χ3v) is 5.66. The van der Waals surface area contributed by atoms with Gasteiger partial charge >= 0.3 is 0 Å². The zero-order chi connectivity index (χ0) is 23.3. The van der Waals surface area contributed by atoms with E-state index in [9.17, 15) is 9.50 Å². The zero-order valence-corrected chi connectivity index (χ0v) is 20.0. The van der Waals surface area contributed by atoms with Gasteiger partial charge in [-0.1, -0.05) is 46.6 Å². The predicted molar refractivity (Wildman–Crippen MR) is 126 cm³/mol. The minimum Gasteiger partial charge on any atom is -0.390 e. The fourth-order valence-corrected chi connectivity index (χ4v) is 3.75. The van der Waals surface area contributed by atoms with Crippen LogP contribution in [0.15, 0.2) is 47.6 Å². The molecule has 1 heterocycles. The molecular weight excluding hydrogens is 454 g/mol. The summed E-state index contributed by atoms with van der Waals surface area (Å²) < 4.78 is 19.4. The van der Waals surface area contributed by atoms with Crippen LogP contribution in [0, 0.1) is 5.82 Å². The van der Waals surface area contributed by atoms with Crippen LogP contribution in [0.1, 0.15) is 38.3 Å². The lowest BCUT2D eigenvalue weighted by molar-refractivity contribution is -0.0600. The quantitative estimate of drug-likeness (QED) is 0.526. The molecule has 2 atom stereocenters. The van der Waals surface area contributed by atoms with Crippen LogP contribution >= 0.6 is 23.2 Å². The summed E-state index contributed by atoms with van der Waals surface area (Å²) in [6.45, 7) is 7.37. The Morgan fingerprint density at radius 1 is 1.22 bits per heavy atom. The Morgan fingerprint density at radius 2 is 2.00 bits per heavy atom. The van der Waals surface area contributed by atoms with Crippen molar-refractivity contribution >= 4 is 28.9 Å². The Morgan fingerprint density at radius 3 is 2.69 bits per heavy atom. The van der Waals surface area contributed by atoms with Gasteiger partial charge in [-0.2, -0.15) is 0 Å². The highest BCUT2D eigenvalue weighted by atomic mass is 35.5. The van der Waals surface area contributed by atoms with Gasteiger partial charge in [0.25, 0.3) is 0 Å². The van der Waals surface area contributed by atoms with Gasteiger partial charge in [0.2, 0.25) is 0 Å². The summed E-state index contributed by atoms with van der Waals surface area (Å²) in [5.74, 6) is -0.290. The smallest absolute Gasteiger partial charge is 0.145 e. The minimum absolute atomic E-state index is 0.205. The van der Waals surface area contributed by atoms with Gasteiger partial charge in [0.15, 0.2) is 0 Å². The highest BCUT2D eigenvalue weighted by Crippen LogP contribution is 2.26. The van der Waals surface area contributed by atoms with E-state index in [4.69, 9.17) is 32.8 Å². The molecule has 0 spiro atoms. The van der Waals surface area contributed by atoms with E-state index in [0.29, 0.717) is 36.1 Å². The summed E-state index contributed by atoms with van der Waals surface area (Å²) in [6.07, 6.45) is -0.310. The average molecular weight is 483 g/mol. The topological polar surface area (TPSA) is 54.3 Å². The Balaban J connectivity index is 1.64. The number of nitrogens with zero attached hydrogens (tertiary/aromatic N) is 2. The van der Waals surface area contributed by atoms with Gasteiger partial charge in [0, 0.05) is 31.6 Å². The summed E-state index contributed by atoms with van der Waals surface area (Å²) in [5, 5.41) is 15.7. The van der Waals surface area contributed by atoms with E-state index in [-0.39, 0.29) is 24.1 Å². The molecule has 0 amide bonds. The van der Waals surface area contributed by atoms with E-state index in [1.807, 2.05) is 37.8 Å². The van der Waals surface area contributed by atoms with Crippen LogP contribution in [0.5, 0.6) is 0 Å². The molecule has 1 aliphatic heterocycles. The van der Waals surface area contributed by atoms with Crippen LogP contribution < -0.4 is 0 Å². The highest BCUT2D eigenvalue weighted by Gasteiger charge is 2.26. The SMILES string of the molecule is CC(C)(C)OC[C@@H](O)CN(Cc1cccc(F)c1)C[C@@H]1CC(c2ccc(Cl)c(Cl)c2)=NO1. The minimum atomic E-state index is -0.695. The summed E-state index contributed by atoms with van der Waals surface area (Å²) in [4.78, 5) is 7.69.